The van der Waals surface area contributed by atoms with Gasteiger partial charge in [-0.3, -0.25) is 0 Å². The van der Waals surface area contributed by atoms with Crippen LogP contribution in [0.5, 0.6) is 0 Å². The first kappa shape index (κ1) is 13.9. The van der Waals surface area contributed by atoms with Crippen molar-refractivity contribution in [2.24, 2.45) is 0 Å². The van der Waals surface area contributed by atoms with E-state index in [1.54, 1.807) is 0 Å². The van der Waals surface area contributed by atoms with Crippen LogP contribution in [-0.4, -0.2) is 6.54 Å². The molecule has 92 valence electrons. The molecule has 0 aliphatic rings. The quantitative estimate of drug-likeness (QED) is 0.736. The highest BCUT2D eigenvalue weighted by Gasteiger charge is 2.06. The standard InChI is InChI=1S/C15H20ClN/c1-4-7-15(17-10-5-2)14-11-13(16)9-8-12(14)6-3/h5,7-9,11,17H,2,4,6,10H2,1,3H3/b15-7+. The SMILES string of the molecule is C=CCN/C(=C/CC)c1cc(Cl)ccc1CC. The summed E-state index contributed by atoms with van der Waals surface area (Å²) in [5.74, 6) is 0. The largest absolute Gasteiger partial charge is 0.381 e. The Balaban J connectivity index is 3.11. The van der Waals surface area contributed by atoms with Gasteiger partial charge in [0, 0.05) is 22.8 Å². The molecule has 17 heavy (non-hydrogen) atoms. The van der Waals surface area contributed by atoms with E-state index in [-0.39, 0.29) is 0 Å². The van der Waals surface area contributed by atoms with Crippen molar-refractivity contribution >= 4 is 17.3 Å². The molecular weight excluding hydrogens is 230 g/mol. The van der Waals surface area contributed by atoms with E-state index >= 15 is 0 Å². The van der Waals surface area contributed by atoms with Gasteiger partial charge >= 0.3 is 0 Å². The lowest BCUT2D eigenvalue weighted by molar-refractivity contribution is 0.988. The normalized spacial score (nSPS) is 11.4. The Kier molecular flexibility index (Phi) is 5.85. The van der Waals surface area contributed by atoms with Gasteiger partial charge in [-0.2, -0.15) is 0 Å². The molecule has 0 aliphatic carbocycles. The highest BCUT2D eigenvalue weighted by Crippen LogP contribution is 2.22. The van der Waals surface area contributed by atoms with Gasteiger partial charge in [0.05, 0.1) is 0 Å². The second kappa shape index (κ2) is 7.18. The molecule has 0 saturated heterocycles. The van der Waals surface area contributed by atoms with Crippen LogP contribution in [0.1, 0.15) is 31.4 Å². The van der Waals surface area contributed by atoms with Gasteiger partial charge in [0.2, 0.25) is 0 Å². The van der Waals surface area contributed by atoms with Crippen LogP contribution in [0.4, 0.5) is 0 Å². The van der Waals surface area contributed by atoms with Crippen LogP contribution in [-0.2, 0) is 6.42 Å². The Labute approximate surface area is 109 Å². The number of halogens is 1. The van der Waals surface area contributed by atoms with E-state index in [1.165, 1.54) is 11.1 Å². The molecule has 0 spiro atoms. The van der Waals surface area contributed by atoms with Crippen LogP contribution < -0.4 is 5.32 Å². The Bertz CT molecular complexity index is 407. The van der Waals surface area contributed by atoms with Crippen molar-refractivity contribution in [3.05, 3.63) is 53.1 Å². The number of allylic oxidation sites excluding steroid dienone is 1. The maximum atomic E-state index is 6.08. The molecule has 0 aliphatic heterocycles. The van der Waals surface area contributed by atoms with E-state index in [0.717, 1.165) is 30.1 Å². The van der Waals surface area contributed by atoms with E-state index in [1.807, 2.05) is 18.2 Å². The highest BCUT2D eigenvalue weighted by atomic mass is 35.5. The van der Waals surface area contributed by atoms with Crippen molar-refractivity contribution in [2.75, 3.05) is 6.54 Å². The van der Waals surface area contributed by atoms with Crippen LogP contribution in [0.3, 0.4) is 0 Å². The fourth-order valence-corrected chi connectivity index (χ4v) is 1.94. The number of aryl methyl sites for hydroxylation is 1. The Morgan fingerprint density at radius 2 is 2.18 bits per heavy atom. The molecule has 0 amide bonds. The van der Waals surface area contributed by atoms with Crippen LogP contribution in [0.25, 0.3) is 5.70 Å². The third-order valence-corrected chi connectivity index (χ3v) is 2.82. The number of rotatable bonds is 6. The summed E-state index contributed by atoms with van der Waals surface area (Å²) in [5, 5.41) is 4.15. The van der Waals surface area contributed by atoms with Gasteiger partial charge in [-0.15, -0.1) is 6.58 Å². The topological polar surface area (TPSA) is 12.0 Å². The highest BCUT2D eigenvalue weighted by molar-refractivity contribution is 6.30. The summed E-state index contributed by atoms with van der Waals surface area (Å²) in [7, 11) is 0. The molecule has 0 heterocycles. The van der Waals surface area contributed by atoms with Crippen molar-refractivity contribution in [1.82, 2.24) is 5.32 Å². The average Bonchev–Trinajstić information content (AvgIpc) is 2.34. The van der Waals surface area contributed by atoms with Crippen LogP contribution in [0.15, 0.2) is 36.9 Å². The summed E-state index contributed by atoms with van der Waals surface area (Å²) in [6.45, 7) is 8.78. The molecule has 0 unspecified atom stereocenters. The lowest BCUT2D eigenvalue weighted by atomic mass is 10.0. The van der Waals surface area contributed by atoms with E-state index in [0.29, 0.717) is 0 Å². The summed E-state index contributed by atoms with van der Waals surface area (Å²) < 4.78 is 0. The summed E-state index contributed by atoms with van der Waals surface area (Å²) in [5.41, 5.74) is 3.65. The molecule has 0 atom stereocenters. The molecule has 0 aromatic heterocycles. The zero-order valence-corrected chi connectivity index (χ0v) is 11.3. The molecule has 1 N–H and O–H groups in total. The third kappa shape index (κ3) is 3.94. The van der Waals surface area contributed by atoms with Crippen molar-refractivity contribution in [3.8, 4) is 0 Å². The van der Waals surface area contributed by atoms with E-state index in [2.05, 4.69) is 37.9 Å². The molecule has 1 aromatic carbocycles. The smallest absolute Gasteiger partial charge is 0.0412 e. The number of hydrogen-bond donors (Lipinski definition) is 1. The molecule has 1 aromatic rings. The number of hydrogen-bond acceptors (Lipinski definition) is 1. The minimum Gasteiger partial charge on any atom is -0.381 e. The second-order valence-corrected chi connectivity index (χ2v) is 4.29. The Morgan fingerprint density at radius 3 is 2.76 bits per heavy atom. The van der Waals surface area contributed by atoms with E-state index in [9.17, 15) is 0 Å². The number of nitrogens with one attached hydrogen (secondary N) is 1. The van der Waals surface area contributed by atoms with Gasteiger partial charge in [-0.1, -0.05) is 43.7 Å². The first-order valence-corrected chi connectivity index (χ1v) is 6.44. The first-order valence-electron chi connectivity index (χ1n) is 6.06. The zero-order valence-electron chi connectivity index (χ0n) is 10.6. The Morgan fingerprint density at radius 1 is 1.41 bits per heavy atom. The predicted octanol–water partition coefficient (Wildman–Crippen LogP) is 4.43. The molecular formula is C15H20ClN. The van der Waals surface area contributed by atoms with Gasteiger partial charge in [-0.05, 0) is 30.5 Å². The molecule has 2 heteroatoms. The van der Waals surface area contributed by atoms with Gasteiger partial charge < -0.3 is 5.32 Å². The lowest BCUT2D eigenvalue weighted by Gasteiger charge is -2.14. The monoisotopic (exact) mass is 249 g/mol. The maximum Gasteiger partial charge on any atom is 0.0412 e. The van der Waals surface area contributed by atoms with Gasteiger partial charge in [0.1, 0.15) is 0 Å². The van der Waals surface area contributed by atoms with Crippen molar-refractivity contribution in [3.63, 3.8) is 0 Å². The van der Waals surface area contributed by atoms with Gasteiger partial charge in [0.25, 0.3) is 0 Å². The molecule has 0 bridgehead atoms. The van der Waals surface area contributed by atoms with Crippen LogP contribution in [0.2, 0.25) is 5.02 Å². The molecule has 1 rings (SSSR count). The van der Waals surface area contributed by atoms with Crippen molar-refractivity contribution in [2.45, 2.75) is 26.7 Å². The molecule has 0 fully saturated rings. The minimum absolute atomic E-state index is 0.765. The average molecular weight is 250 g/mol. The lowest BCUT2D eigenvalue weighted by Crippen LogP contribution is -2.13. The van der Waals surface area contributed by atoms with Crippen molar-refractivity contribution in [1.29, 1.82) is 0 Å². The van der Waals surface area contributed by atoms with Crippen LogP contribution in [0, 0.1) is 0 Å². The number of benzene rings is 1. The third-order valence-electron chi connectivity index (χ3n) is 2.59. The van der Waals surface area contributed by atoms with E-state index in [4.69, 9.17) is 11.6 Å². The molecule has 0 radical (unpaired) electrons. The second-order valence-electron chi connectivity index (χ2n) is 3.85. The summed E-state index contributed by atoms with van der Waals surface area (Å²) in [6, 6.07) is 6.07. The zero-order chi connectivity index (χ0) is 12.7. The summed E-state index contributed by atoms with van der Waals surface area (Å²) in [6.07, 6.45) is 6.05. The van der Waals surface area contributed by atoms with Crippen LogP contribution >= 0.6 is 11.6 Å². The van der Waals surface area contributed by atoms with E-state index < -0.39 is 0 Å². The Hall–Kier alpha value is -1.21. The fourth-order valence-electron chi connectivity index (χ4n) is 1.77. The molecule has 0 saturated carbocycles. The summed E-state index contributed by atoms with van der Waals surface area (Å²) >= 11 is 6.08. The fraction of sp³-hybridized carbons (Fsp3) is 0.333. The summed E-state index contributed by atoms with van der Waals surface area (Å²) in [4.78, 5) is 0. The maximum absolute atomic E-state index is 6.08. The van der Waals surface area contributed by atoms with Gasteiger partial charge in [0.15, 0.2) is 0 Å². The molecule has 1 nitrogen and oxygen atoms in total. The predicted molar refractivity (Wildman–Crippen MR) is 77.3 cm³/mol. The van der Waals surface area contributed by atoms with Crippen molar-refractivity contribution < 1.29 is 0 Å². The minimum atomic E-state index is 0.765. The van der Waals surface area contributed by atoms with Gasteiger partial charge in [-0.25, -0.2) is 0 Å². The first-order chi connectivity index (χ1) is 8.22.